The number of methoxy groups -OCH3 is 1. The minimum absolute atomic E-state index is 0.0479. The molecule has 0 unspecified atom stereocenters. The molecule has 3 rings (SSSR count). The van der Waals surface area contributed by atoms with Gasteiger partial charge in [0.2, 0.25) is 21.9 Å². The minimum atomic E-state index is -3.75. The third-order valence-corrected chi connectivity index (χ3v) is 6.06. The maximum Gasteiger partial charge on any atom is 0.337 e. The Balaban J connectivity index is 1.72. The van der Waals surface area contributed by atoms with Gasteiger partial charge < -0.3 is 15.4 Å². The van der Waals surface area contributed by atoms with E-state index < -0.39 is 16.0 Å². The second-order valence-electron chi connectivity index (χ2n) is 7.92. The van der Waals surface area contributed by atoms with Crippen molar-refractivity contribution in [2.45, 2.75) is 25.2 Å². The number of benzene rings is 2. The van der Waals surface area contributed by atoms with Crippen LogP contribution in [0.25, 0.3) is 0 Å². The summed E-state index contributed by atoms with van der Waals surface area (Å²) in [5, 5.41) is 14.5. The van der Waals surface area contributed by atoms with Crippen molar-refractivity contribution in [1.29, 1.82) is 0 Å². The summed E-state index contributed by atoms with van der Waals surface area (Å²) >= 11 is 5.44. The second kappa shape index (κ2) is 12.3. The number of hydrogen-bond donors (Lipinski definition) is 4. The van der Waals surface area contributed by atoms with E-state index in [2.05, 4.69) is 30.9 Å². The van der Waals surface area contributed by atoms with E-state index in [1.165, 1.54) is 19.2 Å². The van der Waals surface area contributed by atoms with Crippen LogP contribution in [0.2, 0.25) is 0 Å². The highest BCUT2D eigenvalue weighted by Crippen LogP contribution is 2.11. The Labute approximate surface area is 220 Å². The van der Waals surface area contributed by atoms with Gasteiger partial charge in [0.25, 0.3) is 0 Å². The average Bonchev–Trinajstić information content (AvgIpc) is 2.83. The summed E-state index contributed by atoms with van der Waals surface area (Å²) < 4.78 is 27.6. The third-order valence-electron chi connectivity index (χ3n) is 4.93. The maximum atomic E-state index is 11.6. The highest BCUT2D eigenvalue weighted by Gasteiger charge is 2.10. The highest BCUT2D eigenvalue weighted by molar-refractivity contribution is 7.89. The smallest absolute Gasteiger partial charge is 0.337 e. The summed E-state index contributed by atoms with van der Waals surface area (Å²) in [5.41, 5.74) is 3.53. The molecule has 0 amide bonds. The number of carbonyl (C=O) groups excluding carboxylic acids is 1. The number of nitrogens with one attached hydrogen (secondary N) is 3. The number of anilines is 2. The van der Waals surface area contributed by atoms with Crippen LogP contribution in [0.1, 0.15) is 27.3 Å². The Morgan fingerprint density at radius 1 is 1.03 bits per heavy atom. The predicted molar refractivity (Wildman–Crippen MR) is 146 cm³/mol. The molecule has 13 heteroatoms. The Bertz CT molecular complexity index is 1390. The fraction of sp³-hybridized carbons (Fsp3) is 0.208. The molecule has 0 saturated heterocycles. The number of hydrogen-bond acceptors (Lipinski definition) is 8. The number of aliphatic imine (C=N–C) groups is 1. The number of aryl methyl sites for hydroxylation is 2. The normalized spacial score (nSPS) is 11.5. The number of primary sulfonamides is 1. The molecule has 194 valence electrons. The van der Waals surface area contributed by atoms with Crippen LogP contribution in [0.5, 0.6) is 0 Å². The van der Waals surface area contributed by atoms with Crippen molar-refractivity contribution in [3.05, 3.63) is 77.1 Å². The van der Waals surface area contributed by atoms with Gasteiger partial charge in [-0.2, -0.15) is 0 Å². The monoisotopic (exact) mass is 541 g/mol. The molecule has 0 aliphatic carbocycles. The maximum absolute atomic E-state index is 11.6. The standard InChI is InChI=1S/C24H27N7O4S2/c1-15-14-16(2)28-23(27-15)30-22(26-13-12-17-4-10-20(11-5-17)37(25,33)34)31-24(36)29-19-8-6-18(7-9-19)21(32)35-3/h4-11,14H,12-13H2,1-3H3,(H2,25,33,34)(H3,26,27,28,29,30,31,36). The van der Waals surface area contributed by atoms with Crippen molar-refractivity contribution in [1.82, 2.24) is 15.3 Å². The molecule has 0 fully saturated rings. The number of nitrogens with zero attached hydrogens (tertiary/aromatic N) is 3. The molecule has 0 radical (unpaired) electrons. The molecule has 5 N–H and O–H groups in total. The summed E-state index contributed by atoms with van der Waals surface area (Å²) in [6.07, 6.45) is 0.528. The molecule has 0 aliphatic heterocycles. The van der Waals surface area contributed by atoms with E-state index in [4.69, 9.17) is 22.1 Å². The Morgan fingerprint density at radius 3 is 2.22 bits per heavy atom. The van der Waals surface area contributed by atoms with Crippen molar-refractivity contribution in [2.75, 3.05) is 24.3 Å². The molecule has 11 nitrogen and oxygen atoms in total. The molecule has 0 atom stereocenters. The van der Waals surface area contributed by atoms with Crippen molar-refractivity contribution >= 4 is 50.9 Å². The predicted octanol–water partition coefficient (Wildman–Crippen LogP) is 2.52. The molecule has 2 aromatic carbocycles. The number of guanidine groups is 1. The summed E-state index contributed by atoms with van der Waals surface area (Å²) in [5.74, 6) is 0.236. The van der Waals surface area contributed by atoms with Crippen molar-refractivity contribution < 1.29 is 17.9 Å². The van der Waals surface area contributed by atoms with E-state index in [1.807, 2.05) is 19.9 Å². The lowest BCUT2D eigenvalue weighted by Crippen LogP contribution is -2.39. The molecule has 3 aromatic rings. The van der Waals surface area contributed by atoms with Gasteiger partial charge in [0.15, 0.2) is 5.11 Å². The van der Waals surface area contributed by atoms with Crippen LogP contribution in [-0.4, -0.2) is 49.1 Å². The van der Waals surface area contributed by atoms with E-state index in [0.717, 1.165) is 17.0 Å². The number of esters is 1. The lowest BCUT2D eigenvalue weighted by atomic mass is 10.1. The zero-order chi connectivity index (χ0) is 27.0. The van der Waals surface area contributed by atoms with Gasteiger partial charge in [-0.25, -0.2) is 28.3 Å². The molecule has 37 heavy (non-hydrogen) atoms. The van der Waals surface area contributed by atoms with Gasteiger partial charge in [-0.05, 0) is 80.5 Å². The van der Waals surface area contributed by atoms with Crippen LogP contribution in [0, 0.1) is 13.8 Å². The summed E-state index contributed by atoms with van der Waals surface area (Å²) in [7, 11) is -2.43. The largest absolute Gasteiger partial charge is 0.465 e. The van der Waals surface area contributed by atoms with Gasteiger partial charge in [0.05, 0.1) is 17.6 Å². The highest BCUT2D eigenvalue weighted by atomic mass is 32.2. The van der Waals surface area contributed by atoms with E-state index in [0.29, 0.717) is 36.1 Å². The van der Waals surface area contributed by atoms with Crippen LogP contribution in [0.3, 0.4) is 0 Å². The van der Waals surface area contributed by atoms with Crippen LogP contribution in [0.4, 0.5) is 11.6 Å². The number of aromatic nitrogens is 2. The number of ether oxygens (including phenoxy) is 1. The first-order valence-corrected chi connectivity index (χ1v) is 13.0. The van der Waals surface area contributed by atoms with Crippen molar-refractivity contribution in [3.8, 4) is 0 Å². The number of nitrogens with two attached hydrogens (primary N) is 1. The van der Waals surface area contributed by atoms with Gasteiger partial charge in [-0.3, -0.25) is 10.3 Å². The average molecular weight is 542 g/mol. The zero-order valence-electron chi connectivity index (χ0n) is 20.5. The van der Waals surface area contributed by atoms with Gasteiger partial charge in [0, 0.05) is 23.6 Å². The molecule has 1 heterocycles. The fourth-order valence-electron chi connectivity index (χ4n) is 3.22. The quantitative estimate of drug-likeness (QED) is 0.151. The number of carbonyl (C=O) groups is 1. The van der Waals surface area contributed by atoms with Crippen LogP contribution in [-0.2, 0) is 21.2 Å². The SMILES string of the molecule is COC(=O)c1ccc(NC(=S)NC(=NCCc2ccc(S(N)(=O)=O)cc2)Nc2nc(C)cc(C)n2)cc1. The lowest BCUT2D eigenvalue weighted by molar-refractivity contribution is 0.0600. The number of rotatable bonds is 7. The van der Waals surface area contributed by atoms with E-state index in [-0.39, 0.29) is 10.0 Å². The van der Waals surface area contributed by atoms with E-state index in [9.17, 15) is 13.2 Å². The van der Waals surface area contributed by atoms with E-state index in [1.54, 1.807) is 36.4 Å². The molecular weight excluding hydrogens is 514 g/mol. The fourth-order valence-corrected chi connectivity index (χ4v) is 3.95. The Kier molecular flexibility index (Phi) is 9.22. The van der Waals surface area contributed by atoms with Crippen LogP contribution in [0.15, 0.2) is 64.5 Å². The molecular formula is C24H27N7O4S2. The van der Waals surface area contributed by atoms with Gasteiger partial charge >= 0.3 is 5.97 Å². The molecule has 0 spiro atoms. The van der Waals surface area contributed by atoms with Crippen LogP contribution < -0.4 is 21.1 Å². The first-order chi connectivity index (χ1) is 17.5. The van der Waals surface area contributed by atoms with Gasteiger partial charge in [-0.1, -0.05) is 12.1 Å². The topological polar surface area (TPSA) is 161 Å². The van der Waals surface area contributed by atoms with Gasteiger partial charge in [-0.15, -0.1) is 0 Å². The van der Waals surface area contributed by atoms with E-state index >= 15 is 0 Å². The first-order valence-electron chi connectivity index (χ1n) is 11.1. The number of sulfonamides is 1. The first kappa shape index (κ1) is 27.6. The third kappa shape index (κ3) is 8.59. The molecule has 0 bridgehead atoms. The summed E-state index contributed by atoms with van der Waals surface area (Å²) in [4.78, 5) is 25.0. The zero-order valence-corrected chi connectivity index (χ0v) is 22.1. The van der Waals surface area contributed by atoms with Crippen molar-refractivity contribution in [3.63, 3.8) is 0 Å². The lowest BCUT2D eigenvalue weighted by Gasteiger charge is -2.14. The molecule has 0 aliphatic rings. The number of thiocarbonyl (C=S) groups is 1. The second-order valence-corrected chi connectivity index (χ2v) is 9.89. The summed E-state index contributed by atoms with van der Waals surface area (Å²) in [6.45, 7) is 4.07. The molecule has 1 aromatic heterocycles. The Morgan fingerprint density at radius 2 is 1.65 bits per heavy atom. The minimum Gasteiger partial charge on any atom is -0.465 e. The Hall–Kier alpha value is -3.94. The molecule has 0 saturated carbocycles. The van der Waals surface area contributed by atoms with Crippen LogP contribution >= 0.6 is 12.2 Å². The summed E-state index contributed by atoms with van der Waals surface area (Å²) in [6, 6.07) is 14.8. The van der Waals surface area contributed by atoms with Gasteiger partial charge in [0.1, 0.15) is 0 Å². The van der Waals surface area contributed by atoms with Crippen molar-refractivity contribution in [2.24, 2.45) is 10.1 Å².